The van der Waals surface area contributed by atoms with E-state index in [4.69, 9.17) is 24.1 Å². The van der Waals surface area contributed by atoms with Crippen LogP contribution in [-0.4, -0.2) is 91.4 Å². The van der Waals surface area contributed by atoms with Crippen molar-refractivity contribution >= 4 is 17.5 Å². The summed E-state index contributed by atoms with van der Waals surface area (Å²) in [5, 5.41) is 25.2. The SMILES string of the molecule is COc1cccc(-c2cc(C(F)(F)F)ccc2NC(=O)C2=C(O)[C@@]3(C)CCCN3N(Cc3ccc(C#CCOCCOCCO)c(F)c3F)C2=O)c1OC. The standard InChI is InChI=1S/C38H38F5N3O8/c1-37-14-6-15-46(37)45(22-24-11-10-23(31(39)32(24)40)7-5-17-53-19-20-54-18-16-47)36(50)30(34(37)48)35(49)44-28-13-12-25(38(41,42)43)21-27(28)26-8-4-9-29(51-2)33(26)52-3/h4,8-13,21,47-48H,6,14-20,22H2,1-3H3,(H,44,49)/t37-/m1/s1. The normalized spacial score (nSPS) is 17.3. The molecule has 3 aromatic carbocycles. The minimum atomic E-state index is -4.75. The molecule has 0 aliphatic carbocycles. The zero-order valence-corrected chi connectivity index (χ0v) is 29.6. The van der Waals surface area contributed by atoms with E-state index < -0.39 is 58.6 Å². The molecule has 0 saturated carbocycles. The molecule has 2 aliphatic heterocycles. The van der Waals surface area contributed by atoms with Gasteiger partial charge in [0.05, 0.1) is 63.9 Å². The Morgan fingerprint density at radius 3 is 2.46 bits per heavy atom. The van der Waals surface area contributed by atoms with Crippen molar-refractivity contribution in [3.8, 4) is 34.5 Å². The van der Waals surface area contributed by atoms with Crippen molar-refractivity contribution in [3.63, 3.8) is 0 Å². The minimum Gasteiger partial charge on any atom is -0.509 e. The van der Waals surface area contributed by atoms with E-state index in [2.05, 4.69) is 17.2 Å². The average Bonchev–Trinajstić information content (AvgIpc) is 3.55. The number of alkyl halides is 3. The van der Waals surface area contributed by atoms with Gasteiger partial charge in [0.2, 0.25) is 0 Å². The maximum absolute atomic E-state index is 15.5. The minimum absolute atomic E-state index is 0.0749. The number of nitrogens with zero attached hydrogens (tertiary/aromatic N) is 2. The zero-order valence-electron chi connectivity index (χ0n) is 29.6. The van der Waals surface area contributed by atoms with Crippen LogP contribution in [0.15, 0.2) is 59.9 Å². The first-order valence-corrected chi connectivity index (χ1v) is 16.8. The summed E-state index contributed by atoms with van der Waals surface area (Å²) < 4.78 is 93.4. The van der Waals surface area contributed by atoms with Crippen molar-refractivity contribution < 1.29 is 60.7 Å². The number of aliphatic hydroxyl groups excluding tert-OH is 2. The number of benzene rings is 3. The summed E-state index contributed by atoms with van der Waals surface area (Å²) in [6, 6.07) is 9.59. The molecule has 3 N–H and O–H groups in total. The number of ether oxygens (including phenoxy) is 4. The molecular formula is C38H38F5N3O8. The smallest absolute Gasteiger partial charge is 0.416 e. The van der Waals surface area contributed by atoms with Crippen LogP contribution in [0.1, 0.15) is 36.5 Å². The van der Waals surface area contributed by atoms with Crippen LogP contribution in [-0.2, 0) is 31.8 Å². The molecule has 3 aromatic rings. The van der Waals surface area contributed by atoms with Gasteiger partial charge < -0.3 is 34.5 Å². The van der Waals surface area contributed by atoms with Gasteiger partial charge in [-0.05, 0) is 50.1 Å². The zero-order chi connectivity index (χ0) is 39.2. The van der Waals surface area contributed by atoms with Crippen molar-refractivity contribution in [3.05, 3.63) is 88.2 Å². The van der Waals surface area contributed by atoms with Gasteiger partial charge in [0.15, 0.2) is 23.1 Å². The van der Waals surface area contributed by atoms with Crippen molar-refractivity contribution in [1.29, 1.82) is 0 Å². The second-order valence-corrected chi connectivity index (χ2v) is 12.4. The van der Waals surface area contributed by atoms with Crippen molar-refractivity contribution in [2.75, 3.05) is 59.1 Å². The fourth-order valence-electron chi connectivity index (χ4n) is 6.39. The summed E-state index contributed by atoms with van der Waals surface area (Å²) in [4.78, 5) is 28.1. The van der Waals surface area contributed by atoms with Gasteiger partial charge in [-0.2, -0.15) is 13.2 Å². The number of nitrogens with one attached hydrogen (secondary N) is 1. The van der Waals surface area contributed by atoms with Crippen LogP contribution in [0.25, 0.3) is 11.1 Å². The third kappa shape index (κ3) is 8.14. The van der Waals surface area contributed by atoms with Crippen LogP contribution in [0.4, 0.5) is 27.6 Å². The largest absolute Gasteiger partial charge is 0.509 e. The molecule has 288 valence electrons. The molecule has 11 nitrogen and oxygen atoms in total. The molecule has 5 rings (SSSR count). The van der Waals surface area contributed by atoms with E-state index in [1.54, 1.807) is 6.92 Å². The lowest BCUT2D eigenvalue weighted by Gasteiger charge is -2.46. The molecule has 2 heterocycles. The summed E-state index contributed by atoms with van der Waals surface area (Å²) in [5.41, 5.74) is -3.70. The highest BCUT2D eigenvalue weighted by Gasteiger charge is 2.53. The molecule has 0 radical (unpaired) electrons. The Morgan fingerprint density at radius 2 is 1.76 bits per heavy atom. The number of para-hydroxylation sites is 1. The van der Waals surface area contributed by atoms with Crippen LogP contribution in [0, 0.1) is 23.5 Å². The van der Waals surface area contributed by atoms with Gasteiger partial charge >= 0.3 is 6.18 Å². The highest BCUT2D eigenvalue weighted by atomic mass is 19.4. The number of hydrogen-bond donors (Lipinski definition) is 3. The lowest BCUT2D eigenvalue weighted by molar-refractivity contribution is -0.160. The van der Waals surface area contributed by atoms with Crippen LogP contribution in [0.5, 0.6) is 11.5 Å². The quantitative estimate of drug-likeness (QED) is 0.0882. The monoisotopic (exact) mass is 759 g/mol. The van der Waals surface area contributed by atoms with E-state index in [9.17, 15) is 27.9 Å². The van der Waals surface area contributed by atoms with Crippen LogP contribution < -0.4 is 14.8 Å². The van der Waals surface area contributed by atoms with E-state index >= 15 is 8.78 Å². The molecule has 2 aliphatic rings. The predicted molar refractivity (Wildman–Crippen MR) is 185 cm³/mol. The summed E-state index contributed by atoms with van der Waals surface area (Å²) in [5.74, 6) is 0.0514. The Balaban J connectivity index is 1.44. The number of carbonyl (C=O) groups is 2. The van der Waals surface area contributed by atoms with Gasteiger partial charge in [-0.3, -0.25) is 14.6 Å². The maximum atomic E-state index is 15.5. The van der Waals surface area contributed by atoms with Crippen molar-refractivity contribution in [2.24, 2.45) is 0 Å². The molecule has 2 amide bonds. The van der Waals surface area contributed by atoms with Gasteiger partial charge in [-0.1, -0.05) is 30.0 Å². The van der Waals surface area contributed by atoms with Crippen LogP contribution >= 0.6 is 0 Å². The van der Waals surface area contributed by atoms with Gasteiger partial charge in [0.25, 0.3) is 11.8 Å². The topological polar surface area (TPSA) is 130 Å². The molecule has 54 heavy (non-hydrogen) atoms. The Kier molecular flexibility index (Phi) is 12.5. The second-order valence-electron chi connectivity index (χ2n) is 12.4. The van der Waals surface area contributed by atoms with E-state index in [0.29, 0.717) is 6.42 Å². The molecule has 16 heteroatoms. The number of hydrogen-bond acceptors (Lipinski definition) is 9. The van der Waals surface area contributed by atoms with Crippen molar-refractivity contribution in [1.82, 2.24) is 10.0 Å². The van der Waals surface area contributed by atoms with E-state index in [-0.39, 0.29) is 85.4 Å². The summed E-state index contributed by atoms with van der Waals surface area (Å²) in [7, 11) is 2.64. The number of hydrazine groups is 1. The predicted octanol–water partition coefficient (Wildman–Crippen LogP) is 5.61. The Morgan fingerprint density at radius 1 is 1.00 bits per heavy atom. The first-order valence-electron chi connectivity index (χ1n) is 16.8. The summed E-state index contributed by atoms with van der Waals surface area (Å²) in [6.45, 7) is 1.62. The molecule has 1 saturated heterocycles. The van der Waals surface area contributed by atoms with Gasteiger partial charge in [-0.15, -0.1) is 0 Å². The molecule has 1 atom stereocenters. The first kappa shape index (κ1) is 40.0. The number of carbonyl (C=O) groups excluding carboxylic acids is 2. The second kappa shape index (κ2) is 16.9. The summed E-state index contributed by atoms with van der Waals surface area (Å²) >= 11 is 0. The number of anilines is 1. The van der Waals surface area contributed by atoms with E-state index in [1.165, 1.54) is 49.6 Å². The Hall–Kier alpha value is -5.21. The molecule has 1 fully saturated rings. The average molecular weight is 760 g/mol. The number of halogens is 5. The third-order valence-electron chi connectivity index (χ3n) is 9.09. The lowest BCUT2D eigenvalue weighted by Crippen LogP contribution is -2.60. The number of amides is 2. The number of rotatable bonds is 13. The van der Waals surface area contributed by atoms with Crippen molar-refractivity contribution in [2.45, 2.75) is 38.0 Å². The molecule has 0 unspecified atom stereocenters. The summed E-state index contributed by atoms with van der Waals surface area (Å²) in [6.07, 6.45) is -4.00. The third-order valence-corrected chi connectivity index (χ3v) is 9.09. The van der Waals surface area contributed by atoms with E-state index in [1.807, 2.05) is 0 Å². The number of fused-ring (bicyclic) bond motifs is 1. The van der Waals surface area contributed by atoms with Gasteiger partial charge in [0.1, 0.15) is 17.9 Å². The number of aliphatic hydroxyl groups is 2. The molecular weight excluding hydrogens is 721 g/mol. The maximum Gasteiger partial charge on any atom is 0.416 e. The number of methoxy groups -OCH3 is 2. The first-order chi connectivity index (χ1) is 25.8. The van der Waals surface area contributed by atoms with Gasteiger partial charge in [-0.25, -0.2) is 13.8 Å². The van der Waals surface area contributed by atoms with Crippen LogP contribution in [0.2, 0.25) is 0 Å². The lowest BCUT2D eigenvalue weighted by atomic mass is 9.90. The van der Waals surface area contributed by atoms with Crippen LogP contribution in [0.3, 0.4) is 0 Å². The molecule has 0 bridgehead atoms. The fourth-order valence-corrected chi connectivity index (χ4v) is 6.39. The Labute approximate surface area is 307 Å². The highest BCUT2D eigenvalue weighted by molar-refractivity contribution is 6.24. The fraction of sp³-hybridized carbons (Fsp3) is 0.368. The van der Waals surface area contributed by atoms with E-state index in [0.717, 1.165) is 23.2 Å². The highest BCUT2D eigenvalue weighted by Crippen LogP contribution is 2.45. The Bertz CT molecular complexity index is 1990. The molecule has 0 aromatic heterocycles. The molecule has 0 spiro atoms. The van der Waals surface area contributed by atoms with Gasteiger partial charge in [0, 0.05) is 28.9 Å².